The summed E-state index contributed by atoms with van der Waals surface area (Å²) in [5, 5.41) is 10.2. The molecule has 0 atom stereocenters. The van der Waals surface area contributed by atoms with Gasteiger partial charge in [0, 0.05) is 5.41 Å². The van der Waals surface area contributed by atoms with Gasteiger partial charge in [-0.1, -0.05) is 19.9 Å². The van der Waals surface area contributed by atoms with Gasteiger partial charge in [0.15, 0.2) is 11.5 Å². The molecule has 0 bridgehead atoms. The summed E-state index contributed by atoms with van der Waals surface area (Å²) in [6, 6.07) is 5.73. The smallest absolute Gasteiger partial charge is 0.161 e. The largest absolute Gasteiger partial charge is 0.493 e. The monoisotopic (exact) mass is 238 g/mol. The van der Waals surface area contributed by atoms with E-state index in [1.807, 2.05) is 45.9 Å². The van der Waals surface area contributed by atoms with E-state index in [1.54, 1.807) is 14.2 Å². The lowest BCUT2D eigenvalue weighted by molar-refractivity contribution is 0.00954. The number of rotatable bonds is 4. The van der Waals surface area contributed by atoms with E-state index in [2.05, 4.69) is 0 Å². The van der Waals surface area contributed by atoms with Crippen molar-refractivity contribution in [3.8, 4) is 11.5 Å². The van der Waals surface area contributed by atoms with Crippen molar-refractivity contribution >= 4 is 0 Å². The summed E-state index contributed by atoms with van der Waals surface area (Å²) in [5.41, 5.74) is -0.165. The average molecular weight is 238 g/mol. The Hall–Kier alpha value is -1.22. The molecule has 3 heteroatoms. The minimum atomic E-state index is -0.813. The molecule has 0 saturated carbocycles. The fraction of sp³-hybridized carbons (Fsp3) is 0.571. The van der Waals surface area contributed by atoms with Gasteiger partial charge in [-0.3, -0.25) is 0 Å². The Bertz CT molecular complexity index is 389. The lowest BCUT2D eigenvalue weighted by Crippen LogP contribution is -2.42. The number of aliphatic hydroxyl groups is 1. The first-order valence-corrected chi connectivity index (χ1v) is 5.69. The Kier molecular flexibility index (Phi) is 3.72. The van der Waals surface area contributed by atoms with Gasteiger partial charge in [-0.2, -0.15) is 0 Å². The molecule has 1 N–H and O–H groups in total. The highest BCUT2D eigenvalue weighted by Gasteiger charge is 2.37. The molecule has 1 aromatic carbocycles. The summed E-state index contributed by atoms with van der Waals surface area (Å²) in [6.45, 7) is 7.63. The zero-order valence-corrected chi connectivity index (χ0v) is 11.5. The van der Waals surface area contributed by atoms with Crippen LogP contribution in [0.3, 0.4) is 0 Å². The fourth-order valence-electron chi connectivity index (χ4n) is 1.58. The van der Waals surface area contributed by atoms with Crippen LogP contribution in [0.25, 0.3) is 0 Å². The first-order valence-electron chi connectivity index (χ1n) is 5.69. The van der Waals surface area contributed by atoms with E-state index in [4.69, 9.17) is 9.47 Å². The third-order valence-corrected chi connectivity index (χ3v) is 3.63. The predicted octanol–water partition coefficient (Wildman–Crippen LogP) is 2.75. The average Bonchev–Trinajstić information content (AvgIpc) is 2.26. The van der Waals surface area contributed by atoms with Gasteiger partial charge in [-0.15, -0.1) is 0 Å². The standard InChI is InChI=1S/C14H22O3/c1-13(2,14(3,4)15)10-7-8-11(16-5)12(9-10)17-6/h7-9,15H,1-6H3. The first kappa shape index (κ1) is 13.8. The molecule has 17 heavy (non-hydrogen) atoms. The van der Waals surface area contributed by atoms with Crippen molar-refractivity contribution in [3.63, 3.8) is 0 Å². The van der Waals surface area contributed by atoms with Crippen molar-refractivity contribution < 1.29 is 14.6 Å². The van der Waals surface area contributed by atoms with Gasteiger partial charge in [0.2, 0.25) is 0 Å². The second-order valence-electron chi connectivity index (χ2n) is 5.25. The van der Waals surface area contributed by atoms with Crippen molar-refractivity contribution in [3.05, 3.63) is 23.8 Å². The summed E-state index contributed by atoms with van der Waals surface area (Å²) in [7, 11) is 3.22. The van der Waals surface area contributed by atoms with Gasteiger partial charge >= 0.3 is 0 Å². The Balaban J connectivity index is 3.25. The van der Waals surface area contributed by atoms with Crippen molar-refractivity contribution in [1.82, 2.24) is 0 Å². The van der Waals surface area contributed by atoms with Gasteiger partial charge in [0.25, 0.3) is 0 Å². The molecule has 0 radical (unpaired) electrons. The highest BCUT2D eigenvalue weighted by Crippen LogP contribution is 2.38. The van der Waals surface area contributed by atoms with Crippen molar-refractivity contribution in [2.24, 2.45) is 0 Å². The number of methoxy groups -OCH3 is 2. The van der Waals surface area contributed by atoms with Gasteiger partial charge in [-0.05, 0) is 31.5 Å². The Morgan fingerprint density at radius 2 is 1.47 bits per heavy atom. The summed E-state index contributed by atoms with van der Waals surface area (Å²) >= 11 is 0. The van der Waals surface area contributed by atoms with Gasteiger partial charge in [0.1, 0.15) is 0 Å². The molecule has 0 fully saturated rings. The molecule has 0 aromatic heterocycles. The van der Waals surface area contributed by atoms with Crippen molar-refractivity contribution in [1.29, 1.82) is 0 Å². The summed E-state index contributed by atoms with van der Waals surface area (Å²) in [6.07, 6.45) is 0. The van der Waals surface area contributed by atoms with E-state index < -0.39 is 5.60 Å². The zero-order chi connectivity index (χ0) is 13.3. The number of hydrogen-bond donors (Lipinski definition) is 1. The molecule has 1 aromatic rings. The van der Waals surface area contributed by atoms with Gasteiger partial charge < -0.3 is 14.6 Å². The maximum absolute atomic E-state index is 10.2. The number of ether oxygens (including phenoxy) is 2. The van der Waals surface area contributed by atoms with E-state index in [-0.39, 0.29) is 5.41 Å². The fourth-order valence-corrected chi connectivity index (χ4v) is 1.58. The second-order valence-corrected chi connectivity index (χ2v) is 5.25. The maximum Gasteiger partial charge on any atom is 0.161 e. The third-order valence-electron chi connectivity index (χ3n) is 3.63. The normalized spacial score (nSPS) is 12.4. The van der Waals surface area contributed by atoms with Crippen LogP contribution in [0, 0.1) is 0 Å². The molecule has 0 aliphatic heterocycles. The zero-order valence-electron chi connectivity index (χ0n) is 11.5. The molecule has 96 valence electrons. The van der Waals surface area contributed by atoms with Crippen LogP contribution in [-0.2, 0) is 5.41 Å². The van der Waals surface area contributed by atoms with Crippen LogP contribution >= 0.6 is 0 Å². The highest BCUT2D eigenvalue weighted by molar-refractivity contribution is 5.45. The van der Waals surface area contributed by atoms with Crippen LogP contribution < -0.4 is 9.47 Å². The van der Waals surface area contributed by atoms with Crippen LogP contribution in [0.1, 0.15) is 33.3 Å². The van der Waals surface area contributed by atoms with Crippen LogP contribution in [0.4, 0.5) is 0 Å². The summed E-state index contributed by atoms with van der Waals surface area (Å²) < 4.78 is 10.5. The molecular formula is C14H22O3. The van der Waals surface area contributed by atoms with E-state index in [1.165, 1.54) is 0 Å². The van der Waals surface area contributed by atoms with Crippen molar-refractivity contribution in [2.45, 2.75) is 38.7 Å². The second kappa shape index (κ2) is 4.57. The lowest BCUT2D eigenvalue weighted by atomic mass is 9.72. The van der Waals surface area contributed by atoms with Crippen LogP contribution in [0.15, 0.2) is 18.2 Å². The van der Waals surface area contributed by atoms with E-state index in [9.17, 15) is 5.11 Å². The maximum atomic E-state index is 10.2. The first-order chi connectivity index (χ1) is 7.74. The minimum Gasteiger partial charge on any atom is -0.493 e. The van der Waals surface area contributed by atoms with Gasteiger partial charge in [0.05, 0.1) is 19.8 Å². The summed E-state index contributed by atoms with van der Waals surface area (Å²) in [5.74, 6) is 1.38. The Morgan fingerprint density at radius 3 is 1.88 bits per heavy atom. The summed E-state index contributed by atoms with van der Waals surface area (Å²) in [4.78, 5) is 0. The van der Waals surface area contributed by atoms with E-state index in [0.29, 0.717) is 11.5 Å². The molecule has 0 unspecified atom stereocenters. The number of benzene rings is 1. The van der Waals surface area contributed by atoms with Crippen molar-refractivity contribution in [2.75, 3.05) is 14.2 Å². The third kappa shape index (κ3) is 2.55. The predicted molar refractivity (Wildman–Crippen MR) is 68.9 cm³/mol. The molecule has 1 rings (SSSR count). The molecule has 0 heterocycles. The number of hydrogen-bond acceptors (Lipinski definition) is 3. The quantitative estimate of drug-likeness (QED) is 0.876. The minimum absolute atomic E-state index is 0.369. The molecule has 0 saturated heterocycles. The van der Waals surface area contributed by atoms with Crippen LogP contribution in [0.2, 0.25) is 0 Å². The Morgan fingerprint density at radius 1 is 0.941 bits per heavy atom. The van der Waals surface area contributed by atoms with E-state index in [0.717, 1.165) is 5.56 Å². The molecule has 0 amide bonds. The van der Waals surface area contributed by atoms with Crippen LogP contribution in [-0.4, -0.2) is 24.9 Å². The lowest BCUT2D eigenvalue weighted by Gasteiger charge is -2.38. The molecule has 0 aliphatic carbocycles. The molecule has 0 spiro atoms. The molecule has 0 aliphatic rings. The van der Waals surface area contributed by atoms with Gasteiger partial charge in [-0.25, -0.2) is 0 Å². The van der Waals surface area contributed by atoms with Crippen LogP contribution in [0.5, 0.6) is 11.5 Å². The molecular weight excluding hydrogens is 216 g/mol. The molecule has 3 nitrogen and oxygen atoms in total. The highest BCUT2D eigenvalue weighted by atomic mass is 16.5. The Labute approximate surface area is 103 Å². The van der Waals surface area contributed by atoms with E-state index >= 15 is 0 Å². The SMILES string of the molecule is COc1ccc(C(C)(C)C(C)(C)O)cc1OC. The topological polar surface area (TPSA) is 38.7 Å².